The lowest BCUT2D eigenvalue weighted by molar-refractivity contribution is -0.137. The number of nitrogens with zero attached hydrogens (tertiary/aromatic N) is 1. The quantitative estimate of drug-likeness (QED) is 0.534. The SMILES string of the molecule is CC(=O)c1ccc(NC2=C(Cl)C(=O)N(c3cc(C(F)(F)F)ccc3Cl)C2=O)cc1. The number of amides is 2. The molecule has 2 aromatic carbocycles. The first-order valence-corrected chi connectivity index (χ1v) is 8.79. The second-order valence-electron chi connectivity index (χ2n) is 6.06. The van der Waals surface area contributed by atoms with Gasteiger partial charge in [-0.15, -0.1) is 0 Å². The normalized spacial score (nSPS) is 14.6. The Labute approximate surface area is 172 Å². The van der Waals surface area contributed by atoms with Gasteiger partial charge in [-0.1, -0.05) is 23.2 Å². The molecule has 3 rings (SSSR count). The molecule has 0 bridgehead atoms. The number of alkyl halides is 3. The fourth-order valence-electron chi connectivity index (χ4n) is 2.62. The van der Waals surface area contributed by atoms with Crippen LogP contribution in [0.15, 0.2) is 53.2 Å². The van der Waals surface area contributed by atoms with Crippen LogP contribution >= 0.6 is 23.2 Å². The van der Waals surface area contributed by atoms with Crippen LogP contribution in [0.25, 0.3) is 0 Å². The number of nitrogens with one attached hydrogen (secondary N) is 1. The molecule has 10 heteroatoms. The molecule has 1 aliphatic rings. The smallest absolute Gasteiger partial charge is 0.350 e. The van der Waals surface area contributed by atoms with E-state index >= 15 is 0 Å². The molecule has 0 unspecified atom stereocenters. The van der Waals surface area contributed by atoms with Crippen molar-refractivity contribution < 1.29 is 27.6 Å². The first-order chi connectivity index (χ1) is 13.5. The van der Waals surface area contributed by atoms with Crippen molar-refractivity contribution in [3.05, 3.63) is 69.3 Å². The van der Waals surface area contributed by atoms with Gasteiger partial charge in [0.2, 0.25) is 0 Å². The van der Waals surface area contributed by atoms with Gasteiger partial charge in [-0.05, 0) is 49.4 Å². The summed E-state index contributed by atoms with van der Waals surface area (Å²) in [4.78, 5) is 37.0. The molecular formula is C19H11Cl2F3N2O3. The molecule has 2 amide bonds. The Bertz CT molecular complexity index is 1060. The molecule has 0 saturated carbocycles. The lowest BCUT2D eigenvalue weighted by Gasteiger charge is -2.18. The van der Waals surface area contributed by atoms with Crippen LogP contribution in [0.2, 0.25) is 5.02 Å². The minimum absolute atomic E-state index is 0.161. The molecule has 0 radical (unpaired) electrons. The summed E-state index contributed by atoms with van der Waals surface area (Å²) in [6.45, 7) is 1.39. The minimum atomic E-state index is -4.69. The van der Waals surface area contributed by atoms with E-state index in [1.54, 1.807) is 0 Å². The maximum Gasteiger partial charge on any atom is 0.416 e. The summed E-state index contributed by atoms with van der Waals surface area (Å²) < 4.78 is 39.0. The van der Waals surface area contributed by atoms with Crippen molar-refractivity contribution >= 4 is 52.2 Å². The number of carbonyl (C=O) groups is 3. The third-order valence-electron chi connectivity index (χ3n) is 4.10. The zero-order valence-electron chi connectivity index (χ0n) is 14.6. The summed E-state index contributed by atoms with van der Waals surface area (Å²) in [5, 5.41) is 1.93. The van der Waals surface area contributed by atoms with Crippen LogP contribution in [-0.2, 0) is 15.8 Å². The van der Waals surface area contributed by atoms with Gasteiger partial charge in [-0.2, -0.15) is 13.2 Å². The fraction of sp³-hybridized carbons (Fsp3) is 0.105. The lowest BCUT2D eigenvalue weighted by atomic mass is 10.1. The molecule has 1 heterocycles. The highest BCUT2D eigenvalue weighted by molar-refractivity contribution is 6.53. The van der Waals surface area contributed by atoms with Crippen LogP contribution < -0.4 is 10.2 Å². The first-order valence-electron chi connectivity index (χ1n) is 8.04. The third-order valence-corrected chi connectivity index (χ3v) is 4.77. The summed E-state index contributed by atoms with van der Waals surface area (Å²) in [5.74, 6) is -2.14. The predicted octanol–water partition coefficient (Wildman–Crippen LogP) is 5.00. The van der Waals surface area contributed by atoms with E-state index in [4.69, 9.17) is 23.2 Å². The molecule has 0 atom stereocenters. The number of benzene rings is 2. The average Bonchev–Trinajstić information content (AvgIpc) is 2.85. The molecule has 0 aliphatic carbocycles. The second-order valence-corrected chi connectivity index (χ2v) is 6.84. The van der Waals surface area contributed by atoms with Crippen LogP contribution in [0.5, 0.6) is 0 Å². The van der Waals surface area contributed by atoms with Crippen LogP contribution in [0, 0.1) is 0 Å². The van der Waals surface area contributed by atoms with Crippen molar-refractivity contribution in [1.82, 2.24) is 0 Å². The van der Waals surface area contributed by atoms with Gasteiger partial charge in [0.05, 0.1) is 16.3 Å². The van der Waals surface area contributed by atoms with Crippen molar-refractivity contribution in [3.8, 4) is 0 Å². The number of hydrogen-bond donors (Lipinski definition) is 1. The highest BCUT2D eigenvalue weighted by Gasteiger charge is 2.41. The molecule has 150 valence electrons. The number of ketones is 1. The zero-order valence-corrected chi connectivity index (χ0v) is 16.1. The van der Waals surface area contributed by atoms with Crippen LogP contribution in [0.1, 0.15) is 22.8 Å². The average molecular weight is 443 g/mol. The van der Waals surface area contributed by atoms with Crippen molar-refractivity contribution in [3.63, 3.8) is 0 Å². The van der Waals surface area contributed by atoms with Crippen LogP contribution in [0.3, 0.4) is 0 Å². The van der Waals surface area contributed by atoms with Gasteiger partial charge in [0.25, 0.3) is 11.8 Å². The van der Waals surface area contributed by atoms with Gasteiger partial charge in [0, 0.05) is 11.3 Å². The van der Waals surface area contributed by atoms with Crippen LogP contribution in [0.4, 0.5) is 24.5 Å². The van der Waals surface area contributed by atoms with Crippen molar-refractivity contribution in [1.29, 1.82) is 0 Å². The van der Waals surface area contributed by atoms with Gasteiger partial charge in [-0.3, -0.25) is 14.4 Å². The van der Waals surface area contributed by atoms with Gasteiger partial charge in [0.1, 0.15) is 10.7 Å². The molecule has 29 heavy (non-hydrogen) atoms. The molecule has 1 aliphatic heterocycles. The second kappa shape index (κ2) is 7.53. The highest BCUT2D eigenvalue weighted by atomic mass is 35.5. The summed E-state index contributed by atoms with van der Waals surface area (Å²) in [5.41, 5.74) is -1.04. The molecule has 0 aromatic heterocycles. The largest absolute Gasteiger partial charge is 0.416 e. The number of Topliss-reactive ketones (excluding diaryl/α,β-unsaturated/α-hetero) is 1. The fourth-order valence-corrected chi connectivity index (χ4v) is 3.04. The summed E-state index contributed by atoms with van der Waals surface area (Å²) in [6.07, 6.45) is -4.69. The summed E-state index contributed by atoms with van der Waals surface area (Å²) in [7, 11) is 0. The van der Waals surface area contributed by atoms with Gasteiger partial charge < -0.3 is 5.32 Å². The Morgan fingerprint density at radius 1 is 1.00 bits per heavy atom. The maximum absolute atomic E-state index is 13.0. The number of rotatable bonds is 4. The standard InChI is InChI=1S/C19H11Cl2F3N2O3/c1-9(27)10-2-5-12(6-3-10)25-16-15(21)17(28)26(18(16)29)14-8-11(19(22,23)24)4-7-13(14)20/h2-8,25H,1H3. The Balaban J connectivity index is 1.94. The molecule has 5 nitrogen and oxygen atoms in total. The highest BCUT2D eigenvalue weighted by Crippen LogP contribution is 2.38. The van der Waals surface area contributed by atoms with E-state index in [9.17, 15) is 27.6 Å². The van der Waals surface area contributed by atoms with Crippen molar-refractivity contribution in [2.24, 2.45) is 0 Å². The topological polar surface area (TPSA) is 66.5 Å². The molecule has 0 saturated heterocycles. The van der Waals surface area contributed by atoms with E-state index < -0.39 is 34.3 Å². The number of imide groups is 1. The van der Waals surface area contributed by atoms with Gasteiger partial charge >= 0.3 is 6.18 Å². The van der Waals surface area contributed by atoms with E-state index in [-0.39, 0.29) is 16.5 Å². The van der Waals surface area contributed by atoms with E-state index in [0.717, 1.165) is 12.1 Å². The van der Waals surface area contributed by atoms with E-state index in [2.05, 4.69) is 5.32 Å². The van der Waals surface area contributed by atoms with Gasteiger partial charge in [-0.25, -0.2) is 4.90 Å². The minimum Gasteiger partial charge on any atom is -0.350 e. The monoisotopic (exact) mass is 442 g/mol. The Morgan fingerprint density at radius 2 is 1.62 bits per heavy atom. The van der Waals surface area contributed by atoms with E-state index in [1.807, 2.05) is 0 Å². The van der Waals surface area contributed by atoms with E-state index in [1.165, 1.54) is 31.2 Å². The summed E-state index contributed by atoms with van der Waals surface area (Å²) >= 11 is 11.9. The Morgan fingerprint density at radius 3 is 2.17 bits per heavy atom. The maximum atomic E-state index is 13.0. The number of hydrogen-bond acceptors (Lipinski definition) is 4. The van der Waals surface area contributed by atoms with Crippen LogP contribution in [-0.4, -0.2) is 17.6 Å². The van der Waals surface area contributed by atoms with Crippen molar-refractivity contribution in [2.75, 3.05) is 10.2 Å². The molecule has 0 fully saturated rings. The Kier molecular flexibility index (Phi) is 5.42. The third kappa shape index (κ3) is 3.99. The number of anilines is 2. The molecular weight excluding hydrogens is 432 g/mol. The predicted molar refractivity (Wildman–Crippen MR) is 102 cm³/mol. The molecule has 1 N–H and O–H groups in total. The molecule has 0 spiro atoms. The number of halogens is 5. The summed E-state index contributed by atoms with van der Waals surface area (Å²) in [6, 6.07) is 8.27. The number of carbonyl (C=O) groups excluding carboxylic acids is 3. The lowest BCUT2D eigenvalue weighted by Crippen LogP contribution is -2.32. The van der Waals surface area contributed by atoms with Crippen molar-refractivity contribution in [2.45, 2.75) is 13.1 Å². The van der Waals surface area contributed by atoms with Gasteiger partial charge in [0.15, 0.2) is 5.78 Å². The zero-order chi connectivity index (χ0) is 21.5. The van der Waals surface area contributed by atoms with E-state index in [0.29, 0.717) is 22.2 Å². The first kappa shape index (κ1) is 20.9. The molecule has 2 aromatic rings. The Hall–Kier alpha value is -2.84.